The number of methoxy groups -OCH3 is 1. The minimum absolute atomic E-state index is 0. The van der Waals surface area contributed by atoms with Crippen LogP contribution in [-0.2, 0) is 16.1 Å². The molecule has 21 heavy (non-hydrogen) atoms. The fourth-order valence-corrected chi connectivity index (χ4v) is 1.74. The van der Waals surface area contributed by atoms with Crippen LogP contribution in [0, 0.1) is 6.92 Å². The van der Waals surface area contributed by atoms with Gasteiger partial charge in [-0.1, -0.05) is 12.1 Å². The number of carbonyl (C=O) groups is 1. The van der Waals surface area contributed by atoms with Crippen LogP contribution in [0.5, 0.6) is 5.75 Å². The third-order valence-corrected chi connectivity index (χ3v) is 2.79. The van der Waals surface area contributed by atoms with E-state index in [4.69, 9.17) is 9.47 Å². The fourth-order valence-electron chi connectivity index (χ4n) is 1.74. The normalized spacial score (nSPS) is 9.86. The van der Waals surface area contributed by atoms with Crippen LogP contribution in [0.25, 0.3) is 0 Å². The Morgan fingerprint density at radius 1 is 1.29 bits per heavy atom. The monoisotopic (exact) mass is 316 g/mol. The standard InChI is InChI=1S/C15H24N2O3.ClH/c1-12-5-6-13(10-17-15(18)11-16-2)14(9-12)20-8-4-7-19-3;/h5-6,9,16H,4,7-8,10-11H2,1-3H3,(H,17,18);1H. The van der Waals surface area contributed by atoms with Crippen molar-refractivity contribution in [2.75, 3.05) is 33.9 Å². The Balaban J connectivity index is 0.00000400. The number of likely N-dealkylation sites (N-methyl/N-ethyl adjacent to an activating group) is 1. The minimum atomic E-state index is -0.0293. The molecule has 6 heteroatoms. The van der Waals surface area contributed by atoms with Crippen molar-refractivity contribution in [3.63, 3.8) is 0 Å². The second kappa shape index (κ2) is 11.4. The van der Waals surface area contributed by atoms with E-state index >= 15 is 0 Å². The van der Waals surface area contributed by atoms with Gasteiger partial charge in [-0.25, -0.2) is 0 Å². The Kier molecular flexibility index (Phi) is 10.7. The predicted molar refractivity (Wildman–Crippen MR) is 86.2 cm³/mol. The Morgan fingerprint density at radius 3 is 2.71 bits per heavy atom. The highest BCUT2D eigenvalue weighted by Gasteiger charge is 2.06. The van der Waals surface area contributed by atoms with Gasteiger partial charge in [0.1, 0.15) is 5.75 Å². The third-order valence-electron chi connectivity index (χ3n) is 2.79. The van der Waals surface area contributed by atoms with E-state index in [0.29, 0.717) is 26.3 Å². The van der Waals surface area contributed by atoms with Gasteiger partial charge >= 0.3 is 0 Å². The molecule has 1 amide bonds. The van der Waals surface area contributed by atoms with Gasteiger partial charge in [-0.05, 0) is 25.6 Å². The van der Waals surface area contributed by atoms with Crippen molar-refractivity contribution in [2.45, 2.75) is 19.9 Å². The summed E-state index contributed by atoms with van der Waals surface area (Å²) in [6.45, 7) is 4.09. The Morgan fingerprint density at radius 2 is 2.05 bits per heavy atom. The van der Waals surface area contributed by atoms with Gasteiger partial charge in [0, 0.05) is 32.2 Å². The molecule has 0 bridgehead atoms. The lowest BCUT2D eigenvalue weighted by molar-refractivity contribution is -0.120. The molecule has 0 unspecified atom stereocenters. The molecule has 120 valence electrons. The maximum atomic E-state index is 11.5. The van der Waals surface area contributed by atoms with Crippen LogP contribution in [0.15, 0.2) is 18.2 Å². The van der Waals surface area contributed by atoms with E-state index in [9.17, 15) is 4.79 Å². The molecule has 0 radical (unpaired) electrons. The average molecular weight is 317 g/mol. The largest absolute Gasteiger partial charge is 0.493 e. The van der Waals surface area contributed by atoms with Crippen molar-refractivity contribution in [1.29, 1.82) is 0 Å². The van der Waals surface area contributed by atoms with Crippen molar-refractivity contribution >= 4 is 18.3 Å². The lowest BCUT2D eigenvalue weighted by atomic mass is 10.1. The Labute approximate surface area is 132 Å². The van der Waals surface area contributed by atoms with Gasteiger partial charge in [0.15, 0.2) is 0 Å². The van der Waals surface area contributed by atoms with E-state index in [0.717, 1.165) is 23.3 Å². The van der Waals surface area contributed by atoms with Crippen LogP contribution < -0.4 is 15.4 Å². The smallest absolute Gasteiger partial charge is 0.234 e. The minimum Gasteiger partial charge on any atom is -0.493 e. The number of benzene rings is 1. The number of nitrogens with one attached hydrogen (secondary N) is 2. The molecule has 0 aliphatic carbocycles. The van der Waals surface area contributed by atoms with E-state index in [2.05, 4.69) is 10.6 Å². The molecule has 0 aliphatic rings. The average Bonchev–Trinajstić information content (AvgIpc) is 2.43. The summed E-state index contributed by atoms with van der Waals surface area (Å²) in [7, 11) is 3.42. The van der Waals surface area contributed by atoms with Crippen molar-refractivity contribution < 1.29 is 14.3 Å². The molecule has 2 N–H and O–H groups in total. The van der Waals surface area contributed by atoms with Gasteiger partial charge in [0.05, 0.1) is 13.2 Å². The molecule has 0 atom stereocenters. The predicted octanol–water partition coefficient (Wildman–Crippen LogP) is 1.67. The first-order valence-corrected chi connectivity index (χ1v) is 6.80. The highest BCUT2D eigenvalue weighted by molar-refractivity contribution is 5.85. The van der Waals surface area contributed by atoms with Crippen LogP contribution in [0.3, 0.4) is 0 Å². The quantitative estimate of drug-likeness (QED) is 0.680. The Hall–Kier alpha value is -1.30. The molecule has 0 saturated heterocycles. The maximum Gasteiger partial charge on any atom is 0.234 e. The Bertz CT molecular complexity index is 427. The van der Waals surface area contributed by atoms with E-state index in [-0.39, 0.29) is 18.3 Å². The molecular formula is C15H25ClN2O3. The van der Waals surface area contributed by atoms with Crippen LogP contribution >= 0.6 is 12.4 Å². The summed E-state index contributed by atoms with van der Waals surface area (Å²) in [5, 5.41) is 5.67. The van der Waals surface area contributed by atoms with Crippen molar-refractivity contribution in [3.05, 3.63) is 29.3 Å². The zero-order valence-electron chi connectivity index (χ0n) is 12.9. The summed E-state index contributed by atoms with van der Waals surface area (Å²) in [6, 6.07) is 5.99. The first-order chi connectivity index (χ1) is 9.67. The zero-order valence-corrected chi connectivity index (χ0v) is 13.7. The van der Waals surface area contributed by atoms with Gasteiger partial charge < -0.3 is 20.1 Å². The number of carbonyl (C=O) groups excluding carboxylic acids is 1. The number of aryl methyl sites for hydroxylation is 1. The van der Waals surface area contributed by atoms with E-state index in [1.54, 1.807) is 14.2 Å². The van der Waals surface area contributed by atoms with Gasteiger partial charge in [-0.15, -0.1) is 12.4 Å². The molecule has 1 aromatic rings. The SMILES string of the molecule is CNCC(=O)NCc1ccc(C)cc1OCCCOC.Cl. The van der Waals surface area contributed by atoms with Gasteiger partial charge in [-0.3, -0.25) is 4.79 Å². The number of hydrogen-bond acceptors (Lipinski definition) is 4. The molecule has 0 aromatic heterocycles. The van der Waals surface area contributed by atoms with E-state index < -0.39 is 0 Å². The van der Waals surface area contributed by atoms with Crippen molar-refractivity contribution in [2.24, 2.45) is 0 Å². The summed E-state index contributed by atoms with van der Waals surface area (Å²) in [5.41, 5.74) is 2.12. The summed E-state index contributed by atoms with van der Waals surface area (Å²) >= 11 is 0. The van der Waals surface area contributed by atoms with E-state index in [1.807, 2.05) is 25.1 Å². The molecule has 0 spiro atoms. The lowest BCUT2D eigenvalue weighted by Gasteiger charge is -2.13. The van der Waals surface area contributed by atoms with Gasteiger partial charge in [0.2, 0.25) is 5.91 Å². The summed E-state index contributed by atoms with van der Waals surface area (Å²) < 4.78 is 10.8. The molecule has 5 nitrogen and oxygen atoms in total. The zero-order chi connectivity index (χ0) is 14.8. The second-order valence-corrected chi connectivity index (χ2v) is 4.61. The van der Waals surface area contributed by atoms with E-state index in [1.165, 1.54) is 0 Å². The fraction of sp³-hybridized carbons (Fsp3) is 0.533. The number of rotatable bonds is 9. The topological polar surface area (TPSA) is 59.6 Å². The second-order valence-electron chi connectivity index (χ2n) is 4.61. The highest BCUT2D eigenvalue weighted by Crippen LogP contribution is 2.20. The number of amides is 1. The third kappa shape index (κ3) is 7.90. The van der Waals surface area contributed by atoms with Crippen LogP contribution in [-0.4, -0.2) is 39.8 Å². The highest BCUT2D eigenvalue weighted by atomic mass is 35.5. The van der Waals surface area contributed by atoms with Crippen molar-refractivity contribution in [3.8, 4) is 5.75 Å². The molecule has 0 heterocycles. The number of halogens is 1. The molecular weight excluding hydrogens is 292 g/mol. The number of ether oxygens (including phenoxy) is 2. The van der Waals surface area contributed by atoms with Crippen LogP contribution in [0.4, 0.5) is 0 Å². The molecule has 1 aromatic carbocycles. The summed E-state index contributed by atoms with van der Waals surface area (Å²) in [5.74, 6) is 0.796. The van der Waals surface area contributed by atoms with Gasteiger partial charge in [-0.2, -0.15) is 0 Å². The van der Waals surface area contributed by atoms with Crippen LogP contribution in [0.2, 0.25) is 0 Å². The summed E-state index contributed by atoms with van der Waals surface area (Å²) in [4.78, 5) is 11.5. The molecule has 0 fully saturated rings. The van der Waals surface area contributed by atoms with Gasteiger partial charge in [0.25, 0.3) is 0 Å². The van der Waals surface area contributed by atoms with Crippen molar-refractivity contribution in [1.82, 2.24) is 10.6 Å². The maximum absolute atomic E-state index is 11.5. The first kappa shape index (κ1) is 19.7. The summed E-state index contributed by atoms with van der Waals surface area (Å²) in [6.07, 6.45) is 0.843. The molecule has 1 rings (SSSR count). The molecule has 0 aliphatic heterocycles. The first-order valence-electron chi connectivity index (χ1n) is 6.80. The molecule has 0 saturated carbocycles. The lowest BCUT2D eigenvalue weighted by Crippen LogP contribution is -2.31. The van der Waals surface area contributed by atoms with Crippen LogP contribution in [0.1, 0.15) is 17.5 Å². The number of hydrogen-bond donors (Lipinski definition) is 2.